The van der Waals surface area contributed by atoms with E-state index >= 15 is 0 Å². The van der Waals surface area contributed by atoms with Crippen molar-refractivity contribution >= 4 is 77.5 Å². The van der Waals surface area contributed by atoms with Gasteiger partial charge in [-0.2, -0.15) is 0 Å². The molecule has 0 radical (unpaired) electrons. The number of aryl methyl sites for hydroxylation is 4. The second-order valence-electron chi connectivity index (χ2n) is 18.9. The van der Waals surface area contributed by atoms with Crippen LogP contribution in [0, 0.1) is 41.5 Å². The zero-order valence-corrected chi connectivity index (χ0v) is 40.6. The molecule has 12 aromatic rings. The number of benzene rings is 10. The molecule has 70 heavy (non-hydrogen) atoms. The first-order chi connectivity index (χ1) is 34.2. The van der Waals surface area contributed by atoms with Crippen LogP contribution in [0.1, 0.15) is 33.6 Å². The third-order valence-electron chi connectivity index (χ3n) is 14.7. The Morgan fingerprint density at radius 1 is 0.300 bits per heavy atom. The van der Waals surface area contributed by atoms with Crippen molar-refractivity contribution in [2.24, 2.45) is 0 Å². The summed E-state index contributed by atoms with van der Waals surface area (Å²) in [5.41, 5.74) is 21.5. The number of hydrogen-bond donors (Lipinski definition) is 0. The summed E-state index contributed by atoms with van der Waals surface area (Å²) in [5.74, 6) is 0. The lowest BCUT2D eigenvalue weighted by Gasteiger charge is -2.27. The molecule has 12 rings (SSSR count). The first-order valence-corrected chi connectivity index (χ1v) is 24.3. The van der Waals surface area contributed by atoms with Crippen molar-refractivity contribution < 1.29 is 0 Å². The van der Waals surface area contributed by atoms with E-state index in [1.807, 2.05) is 0 Å². The first kappa shape index (κ1) is 42.7. The van der Waals surface area contributed by atoms with Gasteiger partial charge in [-0.25, -0.2) is 0 Å². The van der Waals surface area contributed by atoms with Crippen LogP contribution in [0.4, 0.5) is 34.1 Å². The van der Waals surface area contributed by atoms with Gasteiger partial charge in [0.05, 0.1) is 22.4 Å². The fraction of sp³-hybridized carbons (Fsp3) is 0.0909. The Balaban J connectivity index is 0.872. The molecule has 0 unspecified atom stereocenters. The molecule has 0 atom stereocenters. The van der Waals surface area contributed by atoms with E-state index < -0.39 is 0 Å². The molecular weight excluding hydrogens is 849 g/mol. The van der Waals surface area contributed by atoms with Gasteiger partial charge >= 0.3 is 0 Å². The largest absolute Gasteiger partial charge is 0.314 e. The van der Waals surface area contributed by atoms with Crippen LogP contribution in [0.15, 0.2) is 218 Å². The number of rotatable bonds is 9. The Morgan fingerprint density at radius 3 is 1.03 bits per heavy atom. The summed E-state index contributed by atoms with van der Waals surface area (Å²) in [7, 11) is 0. The van der Waals surface area contributed by atoms with Gasteiger partial charge in [0.2, 0.25) is 0 Å². The Kier molecular flexibility index (Phi) is 10.5. The lowest BCUT2D eigenvalue weighted by atomic mass is 10.00. The van der Waals surface area contributed by atoms with Crippen LogP contribution in [0.25, 0.3) is 65.9 Å². The van der Waals surface area contributed by atoms with Crippen LogP contribution in [0.2, 0.25) is 0 Å². The summed E-state index contributed by atoms with van der Waals surface area (Å²) in [4.78, 5) is 4.75. The zero-order chi connectivity index (χ0) is 47.6. The number of nitrogens with zero attached hydrogens (tertiary/aromatic N) is 4. The lowest BCUT2D eigenvalue weighted by molar-refractivity contribution is 1.04. The molecule has 0 spiro atoms. The summed E-state index contributed by atoms with van der Waals surface area (Å²) in [6.07, 6.45) is 0. The topological polar surface area (TPSA) is 16.3 Å². The molecular formula is C66H54N4. The minimum absolute atomic E-state index is 1.12. The fourth-order valence-electron chi connectivity index (χ4n) is 10.7. The Labute approximate surface area is 410 Å². The highest BCUT2D eigenvalue weighted by Crippen LogP contribution is 2.43. The summed E-state index contributed by atoms with van der Waals surface area (Å²) in [5, 5.41) is 7.43. The highest BCUT2D eigenvalue weighted by Gasteiger charge is 2.20. The molecule has 0 saturated heterocycles. The standard InChI is InChI=1S/C66H54N4/c1-43-21-27-55(28-22-43)69(63-19-11-15-49-13-7-9-17-59(49)63)57-35-31-53(32-36-57)67-47(5)45(3)61-41-51(25-39-65(61)67)52-26-40-66-62(42-52)46(4)48(6)68(66)54-33-37-58(38-34-54)70(56-29-23-44(2)24-30-56)64-20-12-16-50-14-8-10-18-60(50)64/h7-42H,1-6H3. The smallest absolute Gasteiger partial charge is 0.0540 e. The Bertz CT molecular complexity index is 3660. The molecule has 4 heteroatoms. The minimum Gasteiger partial charge on any atom is -0.314 e. The molecule has 0 saturated carbocycles. The average molecular weight is 903 g/mol. The third kappa shape index (κ3) is 7.23. The number of fused-ring (bicyclic) bond motifs is 4. The Morgan fingerprint density at radius 2 is 0.643 bits per heavy atom. The van der Waals surface area contributed by atoms with E-state index in [1.165, 1.54) is 88.1 Å². The van der Waals surface area contributed by atoms with Crippen molar-refractivity contribution in [1.29, 1.82) is 0 Å². The van der Waals surface area contributed by atoms with Gasteiger partial charge in [0.15, 0.2) is 0 Å². The summed E-state index contributed by atoms with van der Waals surface area (Å²) in [6, 6.07) is 80.2. The quantitative estimate of drug-likeness (QED) is 0.143. The predicted molar refractivity (Wildman–Crippen MR) is 298 cm³/mol. The van der Waals surface area contributed by atoms with Gasteiger partial charge in [-0.1, -0.05) is 120 Å². The van der Waals surface area contributed by atoms with Gasteiger partial charge in [0.1, 0.15) is 0 Å². The molecule has 0 aliphatic heterocycles. The molecule has 2 aromatic heterocycles. The van der Waals surface area contributed by atoms with E-state index in [1.54, 1.807) is 0 Å². The van der Waals surface area contributed by atoms with Crippen LogP contribution >= 0.6 is 0 Å². The fourth-order valence-corrected chi connectivity index (χ4v) is 10.7. The molecule has 0 aliphatic rings. The molecule has 10 aromatic carbocycles. The summed E-state index contributed by atoms with van der Waals surface area (Å²) in [6.45, 7) is 13.3. The minimum atomic E-state index is 1.12. The van der Waals surface area contributed by atoms with E-state index in [0.717, 1.165) is 45.5 Å². The van der Waals surface area contributed by atoms with Gasteiger partial charge in [0.25, 0.3) is 0 Å². The van der Waals surface area contributed by atoms with Crippen molar-refractivity contribution in [3.63, 3.8) is 0 Å². The molecule has 0 bridgehead atoms. The van der Waals surface area contributed by atoms with Crippen LogP contribution in [-0.2, 0) is 0 Å². The van der Waals surface area contributed by atoms with Gasteiger partial charge < -0.3 is 18.9 Å². The number of hydrogen-bond acceptors (Lipinski definition) is 2. The average Bonchev–Trinajstić information content (AvgIpc) is 3.80. The van der Waals surface area contributed by atoms with Gasteiger partial charge in [-0.15, -0.1) is 0 Å². The maximum atomic E-state index is 2.41. The van der Waals surface area contributed by atoms with E-state index in [0.29, 0.717) is 0 Å². The van der Waals surface area contributed by atoms with E-state index in [-0.39, 0.29) is 0 Å². The molecule has 338 valence electrons. The van der Waals surface area contributed by atoms with Gasteiger partial charge in [-0.3, -0.25) is 0 Å². The monoisotopic (exact) mass is 902 g/mol. The van der Waals surface area contributed by atoms with E-state index in [4.69, 9.17) is 0 Å². The van der Waals surface area contributed by atoms with Crippen molar-refractivity contribution in [3.05, 3.63) is 252 Å². The highest BCUT2D eigenvalue weighted by molar-refractivity contribution is 6.01. The maximum absolute atomic E-state index is 2.41. The maximum Gasteiger partial charge on any atom is 0.0540 e. The molecule has 0 aliphatic carbocycles. The number of anilines is 6. The number of aromatic nitrogens is 2. The van der Waals surface area contributed by atoms with Crippen molar-refractivity contribution in [2.45, 2.75) is 41.5 Å². The summed E-state index contributed by atoms with van der Waals surface area (Å²) < 4.78 is 4.83. The predicted octanol–water partition coefficient (Wildman–Crippen LogP) is 18.3. The molecule has 4 nitrogen and oxygen atoms in total. The second-order valence-corrected chi connectivity index (χ2v) is 18.9. The Hall–Kier alpha value is -8.60. The van der Waals surface area contributed by atoms with Crippen LogP contribution in [0.5, 0.6) is 0 Å². The van der Waals surface area contributed by atoms with E-state index in [9.17, 15) is 0 Å². The SMILES string of the molecule is Cc1ccc(N(c2ccc(-n3c(C)c(C)c4cc(-c5ccc6c(c5)c(C)c(C)n6-c5ccc(N(c6ccc(C)cc6)c6cccc7ccccc67)cc5)ccc43)cc2)c2cccc3ccccc23)cc1. The zero-order valence-electron chi connectivity index (χ0n) is 40.6. The lowest BCUT2D eigenvalue weighted by Crippen LogP contribution is -2.10. The van der Waals surface area contributed by atoms with Gasteiger partial charge in [0, 0.05) is 67.1 Å². The van der Waals surface area contributed by atoms with Crippen LogP contribution < -0.4 is 9.80 Å². The van der Waals surface area contributed by atoms with Crippen molar-refractivity contribution in [2.75, 3.05) is 9.80 Å². The van der Waals surface area contributed by atoms with E-state index in [2.05, 4.69) is 279 Å². The first-order valence-electron chi connectivity index (χ1n) is 24.3. The van der Waals surface area contributed by atoms with Crippen LogP contribution in [-0.4, -0.2) is 9.13 Å². The summed E-state index contributed by atoms with van der Waals surface area (Å²) >= 11 is 0. The second kappa shape index (κ2) is 17.2. The highest BCUT2D eigenvalue weighted by atomic mass is 15.2. The molecule has 0 fully saturated rings. The molecule has 0 N–H and O–H groups in total. The molecule has 2 heterocycles. The third-order valence-corrected chi connectivity index (χ3v) is 14.7. The van der Waals surface area contributed by atoms with Crippen molar-refractivity contribution in [1.82, 2.24) is 9.13 Å². The van der Waals surface area contributed by atoms with Crippen molar-refractivity contribution in [3.8, 4) is 22.5 Å². The van der Waals surface area contributed by atoms with Crippen LogP contribution in [0.3, 0.4) is 0 Å². The van der Waals surface area contributed by atoms with Gasteiger partial charge in [-0.05, 0) is 184 Å². The molecule has 0 amide bonds. The normalized spacial score (nSPS) is 11.6.